The zero-order valence-corrected chi connectivity index (χ0v) is 13.0. The van der Waals surface area contributed by atoms with Gasteiger partial charge in [0.15, 0.2) is 0 Å². The van der Waals surface area contributed by atoms with Crippen molar-refractivity contribution in [2.45, 2.75) is 13.0 Å². The number of phenols is 1. The fourth-order valence-corrected chi connectivity index (χ4v) is 2.64. The van der Waals surface area contributed by atoms with E-state index in [2.05, 4.69) is 9.97 Å². The van der Waals surface area contributed by atoms with Gasteiger partial charge in [0.25, 0.3) is 11.5 Å². The smallest absolute Gasteiger partial charge is 0.257 e. The predicted molar refractivity (Wildman–Crippen MR) is 85.7 cm³/mol. The van der Waals surface area contributed by atoms with Crippen LogP contribution in [0.1, 0.15) is 21.6 Å². The van der Waals surface area contributed by atoms with Gasteiger partial charge in [-0.3, -0.25) is 14.6 Å². The highest BCUT2D eigenvalue weighted by Gasteiger charge is 2.26. The van der Waals surface area contributed by atoms with Crippen molar-refractivity contribution in [3.05, 3.63) is 51.4 Å². The third-order valence-electron chi connectivity index (χ3n) is 3.91. The number of aromatic hydroxyl groups is 1. The Kier molecular flexibility index (Phi) is 3.77. The van der Waals surface area contributed by atoms with Crippen molar-refractivity contribution >= 4 is 11.9 Å². The van der Waals surface area contributed by atoms with E-state index in [0.29, 0.717) is 30.2 Å². The maximum atomic E-state index is 12.6. The fourth-order valence-electron chi connectivity index (χ4n) is 2.64. The lowest BCUT2D eigenvalue weighted by molar-refractivity contribution is 0.0728. The number of hydrogen-bond acceptors (Lipinski definition) is 5. The highest BCUT2D eigenvalue weighted by molar-refractivity contribution is 5.96. The van der Waals surface area contributed by atoms with Crippen LogP contribution in [0, 0.1) is 0 Å². The molecule has 0 fully saturated rings. The van der Waals surface area contributed by atoms with E-state index < -0.39 is 0 Å². The zero-order valence-electron chi connectivity index (χ0n) is 13.0. The van der Waals surface area contributed by atoms with Crippen LogP contribution in [0.25, 0.3) is 0 Å². The molecule has 7 heteroatoms. The van der Waals surface area contributed by atoms with Crippen LogP contribution in [0.3, 0.4) is 0 Å². The second kappa shape index (κ2) is 5.75. The Morgan fingerprint density at radius 1 is 1.35 bits per heavy atom. The van der Waals surface area contributed by atoms with E-state index in [1.807, 2.05) is 0 Å². The predicted octanol–water partition coefficient (Wildman–Crippen LogP) is 0.740. The minimum absolute atomic E-state index is 0.0452. The SMILES string of the molecule is CN(C)c1nc2c(c(=O)[nH]1)CCN(C(=O)c1ccccc1O)C2. The molecule has 1 aromatic heterocycles. The fraction of sp³-hybridized carbons (Fsp3) is 0.312. The number of para-hydroxylation sites is 1. The molecule has 0 unspecified atom stereocenters. The van der Waals surface area contributed by atoms with Crippen molar-refractivity contribution < 1.29 is 9.90 Å². The molecular weight excluding hydrogens is 296 g/mol. The van der Waals surface area contributed by atoms with Gasteiger partial charge in [-0.1, -0.05) is 12.1 Å². The molecule has 7 nitrogen and oxygen atoms in total. The van der Waals surface area contributed by atoms with Gasteiger partial charge in [-0.2, -0.15) is 0 Å². The number of nitrogens with one attached hydrogen (secondary N) is 1. The molecule has 23 heavy (non-hydrogen) atoms. The van der Waals surface area contributed by atoms with E-state index in [-0.39, 0.29) is 29.3 Å². The largest absolute Gasteiger partial charge is 0.507 e. The molecule has 0 radical (unpaired) electrons. The standard InChI is InChI=1S/C16H18N4O3/c1-19(2)16-17-12-9-20(8-7-10(12)14(22)18-16)15(23)11-5-3-4-6-13(11)21/h3-6,21H,7-9H2,1-2H3,(H,17,18,22). The Balaban J connectivity index is 1.92. The quantitative estimate of drug-likeness (QED) is 0.853. The number of H-pyrrole nitrogens is 1. The van der Waals surface area contributed by atoms with E-state index in [9.17, 15) is 14.7 Å². The molecule has 2 heterocycles. The van der Waals surface area contributed by atoms with Crippen LogP contribution < -0.4 is 10.5 Å². The number of phenolic OH excluding ortho intramolecular Hbond substituents is 1. The van der Waals surface area contributed by atoms with Crippen LogP contribution >= 0.6 is 0 Å². The van der Waals surface area contributed by atoms with Gasteiger partial charge in [0.1, 0.15) is 5.75 Å². The number of hydrogen-bond donors (Lipinski definition) is 2. The Bertz CT molecular complexity index is 813. The minimum Gasteiger partial charge on any atom is -0.507 e. The number of nitrogens with zero attached hydrogens (tertiary/aromatic N) is 3. The first-order valence-corrected chi connectivity index (χ1v) is 7.34. The lowest BCUT2D eigenvalue weighted by Crippen LogP contribution is -2.39. The first kappa shape index (κ1) is 15.1. The van der Waals surface area contributed by atoms with Gasteiger partial charge < -0.3 is 14.9 Å². The minimum atomic E-state index is -0.262. The number of benzene rings is 1. The first-order valence-electron chi connectivity index (χ1n) is 7.34. The van der Waals surface area contributed by atoms with Crippen LogP contribution in [0.4, 0.5) is 5.95 Å². The molecule has 0 saturated carbocycles. The highest BCUT2D eigenvalue weighted by atomic mass is 16.3. The molecule has 0 aliphatic carbocycles. The van der Waals surface area contributed by atoms with Crippen LogP contribution in [0.2, 0.25) is 0 Å². The molecule has 1 aliphatic rings. The van der Waals surface area contributed by atoms with E-state index in [0.717, 1.165) is 0 Å². The Morgan fingerprint density at radius 3 is 2.78 bits per heavy atom. The maximum Gasteiger partial charge on any atom is 0.257 e. The molecule has 0 spiro atoms. The van der Waals surface area contributed by atoms with Crippen molar-refractivity contribution in [3.8, 4) is 5.75 Å². The van der Waals surface area contributed by atoms with Crippen LogP contribution in [-0.2, 0) is 13.0 Å². The Labute approximate surface area is 133 Å². The summed E-state index contributed by atoms with van der Waals surface area (Å²) in [6.45, 7) is 0.680. The number of carbonyl (C=O) groups is 1. The molecule has 0 atom stereocenters. The molecule has 0 bridgehead atoms. The van der Waals surface area contributed by atoms with Gasteiger partial charge in [-0.05, 0) is 18.6 Å². The third kappa shape index (κ3) is 2.77. The van der Waals surface area contributed by atoms with Crippen molar-refractivity contribution in [2.75, 3.05) is 25.5 Å². The molecule has 1 amide bonds. The summed E-state index contributed by atoms with van der Waals surface area (Å²) in [4.78, 5) is 35.2. The number of fused-ring (bicyclic) bond motifs is 1. The summed E-state index contributed by atoms with van der Waals surface area (Å²) in [5.74, 6) is 0.156. The number of amides is 1. The second-order valence-electron chi connectivity index (χ2n) is 5.70. The average Bonchev–Trinajstić information content (AvgIpc) is 2.54. The summed E-state index contributed by atoms with van der Waals surface area (Å²) in [6, 6.07) is 6.45. The van der Waals surface area contributed by atoms with Gasteiger partial charge in [0.05, 0.1) is 17.8 Å². The summed E-state index contributed by atoms with van der Waals surface area (Å²) in [7, 11) is 3.58. The molecule has 3 rings (SSSR count). The third-order valence-corrected chi connectivity index (χ3v) is 3.91. The molecule has 0 saturated heterocycles. The number of rotatable bonds is 2. The highest BCUT2D eigenvalue weighted by Crippen LogP contribution is 2.22. The van der Waals surface area contributed by atoms with E-state index in [1.54, 1.807) is 42.1 Å². The van der Waals surface area contributed by atoms with E-state index in [1.165, 1.54) is 6.07 Å². The first-order chi connectivity index (χ1) is 11.0. The lowest BCUT2D eigenvalue weighted by Gasteiger charge is -2.28. The molecule has 2 N–H and O–H groups in total. The van der Waals surface area contributed by atoms with E-state index >= 15 is 0 Å². The molecular formula is C16H18N4O3. The number of aromatic amines is 1. The number of anilines is 1. The van der Waals surface area contributed by atoms with Crippen LogP contribution in [0.5, 0.6) is 5.75 Å². The van der Waals surface area contributed by atoms with Crippen molar-refractivity contribution in [2.24, 2.45) is 0 Å². The summed E-state index contributed by atoms with van der Waals surface area (Å²) >= 11 is 0. The molecule has 1 aromatic carbocycles. The van der Waals surface area contributed by atoms with Crippen LogP contribution in [-0.4, -0.2) is 46.5 Å². The molecule has 2 aromatic rings. The lowest BCUT2D eigenvalue weighted by atomic mass is 10.0. The van der Waals surface area contributed by atoms with Gasteiger partial charge in [0.2, 0.25) is 5.95 Å². The summed E-state index contributed by atoms with van der Waals surface area (Å²) in [5, 5.41) is 9.84. The van der Waals surface area contributed by atoms with Gasteiger partial charge in [0, 0.05) is 26.2 Å². The maximum absolute atomic E-state index is 12.6. The van der Waals surface area contributed by atoms with Crippen molar-refractivity contribution in [1.29, 1.82) is 0 Å². The van der Waals surface area contributed by atoms with E-state index in [4.69, 9.17) is 0 Å². The normalized spacial score (nSPS) is 13.6. The van der Waals surface area contributed by atoms with Gasteiger partial charge in [-0.25, -0.2) is 4.98 Å². The molecule has 120 valence electrons. The topological polar surface area (TPSA) is 89.5 Å². The van der Waals surface area contributed by atoms with Gasteiger partial charge >= 0.3 is 0 Å². The van der Waals surface area contributed by atoms with Crippen molar-refractivity contribution in [1.82, 2.24) is 14.9 Å². The second-order valence-corrected chi connectivity index (χ2v) is 5.70. The summed E-state index contributed by atoms with van der Waals surface area (Å²) in [6.07, 6.45) is 0.449. The zero-order chi connectivity index (χ0) is 16.6. The average molecular weight is 314 g/mol. The Hall–Kier alpha value is -2.83. The molecule has 1 aliphatic heterocycles. The summed E-state index contributed by atoms with van der Waals surface area (Å²) in [5.41, 5.74) is 1.33. The number of aromatic nitrogens is 2. The van der Waals surface area contributed by atoms with Gasteiger partial charge in [-0.15, -0.1) is 0 Å². The number of carbonyl (C=O) groups excluding carboxylic acids is 1. The van der Waals surface area contributed by atoms with Crippen molar-refractivity contribution in [3.63, 3.8) is 0 Å². The monoisotopic (exact) mass is 314 g/mol. The Morgan fingerprint density at radius 2 is 2.09 bits per heavy atom. The van der Waals surface area contributed by atoms with Crippen LogP contribution in [0.15, 0.2) is 29.1 Å². The summed E-state index contributed by atoms with van der Waals surface area (Å²) < 4.78 is 0.